The van der Waals surface area contributed by atoms with Crippen LogP contribution in [-0.4, -0.2) is 40.4 Å². The van der Waals surface area contributed by atoms with Gasteiger partial charge in [-0.15, -0.1) is 0 Å². The average Bonchev–Trinajstić information content (AvgIpc) is 2.38. The first-order valence-electron chi connectivity index (χ1n) is 6.75. The zero-order valence-electron chi connectivity index (χ0n) is 11.2. The third-order valence-electron chi connectivity index (χ3n) is 3.21. The Morgan fingerprint density at radius 1 is 1.42 bits per heavy atom. The molecule has 1 amide bonds. The second-order valence-electron chi connectivity index (χ2n) is 4.83. The van der Waals surface area contributed by atoms with Crippen LogP contribution in [0.4, 0.5) is 5.82 Å². The maximum atomic E-state index is 11.9. The molecule has 2 N–H and O–H groups in total. The third-order valence-corrected chi connectivity index (χ3v) is 3.21. The van der Waals surface area contributed by atoms with Crippen molar-refractivity contribution in [1.82, 2.24) is 14.9 Å². The fourth-order valence-electron chi connectivity index (χ4n) is 2.27. The van der Waals surface area contributed by atoms with Crippen LogP contribution < -0.4 is 10.9 Å². The van der Waals surface area contributed by atoms with E-state index in [0.29, 0.717) is 24.6 Å². The molecule has 0 radical (unpaired) electrons. The lowest BCUT2D eigenvalue weighted by Gasteiger charge is -2.26. The molecule has 19 heavy (non-hydrogen) atoms. The minimum atomic E-state index is -0.183. The number of aromatic nitrogens is 2. The summed E-state index contributed by atoms with van der Waals surface area (Å²) in [6, 6.07) is 1.40. The number of likely N-dealkylation sites (tertiary alicyclic amines) is 1. The number of amides is 1. The Morgan fingerprint density at radius 3 is 2.84 bits per heavy atom. The smallest absolute Gasteiger partial charge is 0.252 e. The van der Waals surface area contributed by atoms with Crippen molar-refractivity contribution in [2.75, 3.05) is 25.0 Å². The lowest BCUT2D eigenvalue weighted by Crippen LogP contribution is -2.36. The van der Waals surface area contributed by atoms with Gasteiger partial charge in [-0.1, -0.05) is 0 Å². The molecule has 0 atom stereocenters. The molecule has 1 aliphatic heterocycles. The fourth-order valence-corrected chi connectivity index (χ4v) is 2.27. The molecular weight excluding hydrogens is 244 g/mol. The van der Waals surface area contributed by atoms with E-state index in [-0.39, 0.29) is 11.5 Å². The maximum Gasteiger partial charge on any atom is 0.252 e. The number of nitrogens with one attached hydrogen (secondary N) is 2. The van der Waals surface area contributed by atoms with Crippen molar-refractivity contribution in [2.24, 2.45) is 0 Å². The number of H-pyrrole nitrogens is 1. The number of carbonyl (C=O) groups excluding carboxylic acids is 1. The van der Waals surface area contributed by atoms with Crippen molar-refractivity contribution in [3.05, 3.63) is 22.2 Å². The Labute approximate surface area is 112 Å². The van der Waals surface area contributed by atoms with Crippen molar-refractivity contribution in [2.45, 2.75) is 32.6 Å². The molecule has 104 valence electrons. The Morgan fingerprint density at radius 2 is 2.16 bits per heavy atom. The highest BCUT2D eigenvalue weighted by molar-refractivity contribution is 5.76. The molecule has 0 aromatic carbocycles. The second-order valence-corrected chi connectivity index (χ2v) is 4.83. The Hall–Kier alpha value is -1.85. The van der Waals surface area contributed by atoms with Gasteiger partial charge in [0.25, 0.3) is 5.56 Å². The summed E-state index contributed by atoms with van der Waals surface area (Å²) in [6.45, 7) is 3.99. The van der Waals surface area contributed by atoms with Gasteiger partial charge in [0, 0.05) is 32.1 Å². The van der Waals surface area contributed by atoms with Crippen LogP contribution in [0.1, 0.15) is 31.5 Å². The number of hydrogen-bond donors (Lipinski definition) is 2. The maximum absolute atomic E-state index is 11.9. The van der Waals surface area contributed by atoms with Crippen LogP contribution >= 0.6 is 0 Å². The summed E-state index contributed by atoms with van der Waals surface area (Å²) in [4.78, 5) is 31.8. The highest BCUT2D eigenvalue weighted by Crippen LogP contribution is 2.09. The summed E-state index contributed by atoms with van der Waals surface area (Å²) >= 11 is 0. The summed E-state index contributed by atoms with van der Waals surface area (Å²) in [5, 5.41) is 3.02. The molecule has 1 aliphatic rings. The molecule has 0 spiro atoms. The van der Waals surface area contributed by atoms with E-state index < -0.39 is 0 Å². The molecular formula is C13H20N4O2. The zero-order valence-corrected chi connectivity index (χ0v) is 11.2. The van der Waals surface area contributed by atoms with Gasteiger partial charge in [-0.25, -0.2) is 4.98 Å². The number of hydrogen-bond acceptors (Lipinski definition) is 4. The molecule has 0 saturated carbocycles. The molecule has 0 unspecified atom stereocenters. The van der Waals surface area contributed by atoms with Crippen LogP contribution in [0.2, 0.25) is 0 Å². The normalized spacial score (nSPS) is 15.3. The quantitative estimate of drug-likeness (QED) is 0.846. The number of aromatic amines is 1. The molecule has 6 nitrogen and oxygen atoms in total. The van der Waals surface area contributed by atoms with Gasteiger partial charge in [0.15, 0.2) is 0 Å². The summed E-state index contributed by atoms with van der Waals surface area (Å²) in [5.74, 6) is 1.26. The highest BCUT2D eigenvalue weighted by Gasteiger charge is 2.15. The molecule has 1 aromatic heterocycles. The molecule has 0 bridgehead atoms. The van der Waals surface area contributed by atoms with Crippen molar-refractivity contribution in [3.8, 4) is 0 Å². The third kappa shape index (κ3) is 4.08. The van der Waals surface area contributed by atoms with E-state index in [1.807, 2.05) is 4.90 Å². The minimum Gasteiger partial charge on any atom is -0.369 e. The van der Waals surface area contributed by atoms with Gasteiger partial charge in [0.2, 0.25) is 5.91 Å². The SMILES string of the molecule is Cc1nc(NCCC(=O)N2CCCCC2)cc(=O)[nH]1. The zero-order chi connectivity index (χ0) is 13.7. The van der Waals surface area contributed by atoms with E-state index in [1.54, 1.807) is 6.92 Å². The number of carbonyl (C=O) groups is 1. The monoisotopic (exact) mass is 264 g/mol. The van der Waals surface area contributed by atoms with Gasteiger partial charge < -0.3 is 15.2 Å². The van der Waals surface area contributed by atoms with Crippen LogP contribution in [0.25, 0.3) is 0 Å². The van der Waals surface area contributed by atoms with E-state index in [4.69, 9.17) is 0 Å². The van der Waals surface area contributed by atoms with Crippen molar-refractivity contribution in [3.63, 3.8) is 0 Å². The van der Waals surface area contributed by atoms with Gasteiger partial charge in [-0.3, -0.25) is 9.59 Å². The van der Waals surface area contributed by atoms with Crippen LogP contribution in [0, 0.1) is 6.92 Å². The highest BCUT2D eigenvalue weighted by atomic mass is 16.2. The molecule has 1 fully saturated rings. The van der Waals surface area contributed by atoms with Gasteiger partial charge in [-0.2, -0.15) is 0 Å². The summed E-state index contributed by atoms with van der Waals surface area (Å²) in [6.07, 6.45) is 3.87. The summed E-state index contributed by atoms with van der Waals surface area (Å²) < 4.78 is 0. The molecule has 1 saturated heterocycles. The summed E-state index contributed by atoms with van der Waals surface area (Å²) in [5.41, 5.74) is -0.183. The molecule has 1 aromatic rings. The van der Waals surface area contributed by atoms with Crippen LogP contribution in [0.3, 0.4) is 0 Å². The minimum absolute atomic E-state index is 0.175. The fraction of sp³-hybridized carbons (Fsp3) is 0.615. The number of anilines is 1. The second kappa shape index (κ2) is 6.36. The van der Waals surface area contributed by atoms with Crippen LogP contribution in [-0.2, 0) is 4.79 Å². The largest absolute Gasteiger partial charge is 0.369 e. The van der Waals surface area contributed by atoms with Crippen molar-refractivity contribution in [1.29, 1.82) is 0 Å². The first kappa shape index (κ1) is 13.6. The lowest BCUT2D eigenvalue weighted by molar-refractivity contribution is -0.131. The first-order chi connectivity index (χ1) is 9.15. The van der Waals surface area contributed by atoms with Gasteiger partial charge in [0.05, 0.1) is 0 Å². The number of aryl methyl sites for hydroxylation is 1. The average molecular weight is 264 g/mol. The number of nitrogens with zero attached hydrogens (tertiary/aromatic N) is 2. The molecule has 2 heterocycles. The van der Waals surface area contributed by atoms with Crippen LogP contribution in [0.5, 0.6) is 0 Å². The topological polar surface area (TPSA) is 78.1 Å². The standard InChI is InChI=1S/C13H20N4O2/c1-10-15-11(9-12(18)16-10)14-6-5-13(19)17-7-3-2-4-8-17/h9H,2-8H2,1H3,(H2,14,15,16,18). The Kier molecular flexibility index (Phi) is 4.54. The van der Waals surface area contributed by atoms with Gasteiger partial charge in [0.1, 0.15) is 11.6 Å². The van der Waals surface area contributed by atoms with Gasteiger partial charge in [-0.05, 0) is 26.2 Å². The van der Waals surface area contributed by atoms with E-state index >= 15 is 0 Å². The summed E-state index contributed by atoms with van der Waals surface area (Å²) in [7, 11) is 0. The van der Waals surface area contributed by atoms with E-state index in [1.165, 1.54) is 12.5 Å². The number of piperidine rings is 1. The molecule has 2 rings (SSSR count). The van der Waals surface area contributed by atoms with Crippen molar-refractivity contribution < 1.29 is 4.79 Å². The predicted molar refractivity (Wildman–Crippen MR) is 73.1 cm³/mol. The van der Waals surface area contributed by atoms with Gasteiger partial charge >= 0.3 is 0 Å². The molecule has 0 aliphatic carbocycles. The number of rotatable bonds is 4. The van der Waals surface area contributed by atoms with Crippen LogP contribution in [0.15, 0.2) is 10.9 Å². The van der Waals surface area contributed by atoms with Crippen molar-refractivity contribution >= 4 is 11.7 Å². The predicted octanol–water partition coefficient (Wildman–Crippen LogP) is 0.893. The first-order valence-corrected chi connectivity index (χ1v) is 6.75. The Balaban J connectivity index is 1.79. The molecule has 6 heteroatoms. The van der Waals surface area contributed by atoms with E-state index in [0.717, 1.165) is 25.9 Å². The van der Waals surface area contributed by atoms with E-state index in [2.05, 4.69) is 15.3 Å². The lowest BCUT2D eigenvalue weighted by atomic mass is 10.1. The Bertz CT molecular complexity index is 492. The van der Waals surface area contributed by atoms with E-state index in [9.17, 15) is 9.59 Å².